The molecule has 2 amide bonds. The van der Waals surface area contributed by atoms with Gasteiger partial charge in [-0.3, -0.25) is 9.59 Å². The molecule has 1 atom stereocenters. The van der Waals surface area contributed by atoms with Gasteiger partial charge in [-0.05, 0) is 56.9 Å². The van der Waals surface area contributed by atoms with E-state index in [4.69, 9.17) is 0 Å². The predicted molar refractivity (Wildman–Crippen MR) is 115 cm³/mol. The van der Waals surface area contributed by atoms with Crippen molar-refractivity contribution in [1.29, 1.82) is 0 Å². The van der Waals surface area contributed by atoms with E-state index in [1.54, 1.807) is 0 Å². The maximum absolute atomic E-state index is 13.2. The monoisotopic (exact) mass is 387 g/mol. The van der Waals surface area contributed by atoms with Crippen LogP contribution in [-0.4, -0.2) is 54.3 Å². The molecule has 5 nitrogen and oxygen atoms in total. The maximum Gasteiger partial charge on any atom is 0.232 e. The molecule has 1 unspecified atom stereocenters. The number of hydrogen-bond donors (Lipinski definition) is 1. The minimum atomic E-state index is -0.355. The molecule has 0 radical (unpaired) electrons. The topological polar surface area (TPSA) is 52.7 Å². The molecule has 0 bridgehead atoms. The fourth-order valence-electron chi connectivity index (χ4n) is 3.99. The van der Waals surface area contributed by atoms with Gasteiger partial charge < -0.3 is 15.1 Å². The van der Waals surface area contributed by atoms with Crippen molar-refractivity contribution >= 4 is 17.5 Å². The molecule has 3 rings (SSSR count). The van der Waals surface area contributed by atoms with Crippen LogP contribution >= 0.6 is 0 Å². The first-order valence-electron chi connectivity index (χ1n) is 10.8. The van der Waals surface area contributed by atoms with Crippen molar-refractivity contribution in [1.82, 2.24) is 9.80 Å². The van der Waals surface area contributed by atoms with Crippen molar-refractivity contribution in [3.8, 4) is 0 Å². The van der Waals surface area contributed by atoms with Crippen molar-refractivity contribution in [2.24, 2.45) is 5.92 Å². The number of fused-ring (bicyclic) bond motifs is 1. The van der Waals surface area contributed by atoms with E-state index in [1.165, 1.54) is 0 Å². The highest BCUT2D eigenvalue weighted by molar-refractivity contribution is 6.04. The largest absolute Gasteiger partial charge is 0.340 e. The molecule has 0 aromatic heterocycles. The number of piperidine rings is 1. The second-order valence-corrected chi connectivity index (χ2v) is 8.14. The van der Waals surface area contributed by atoms with Gasteiger partial charge in [0.25, 0.3) is 0 Å². The molecule has 1 saturated heterocycles. The zero-order chi connectivity index (χ0) is 20.7. The summed E-state index contributed by atoms with van der Waals surface area (Å²) in [5.41, 5.74) is 1.81. The normalized spacial score (nSPS) is 19.6. The molecular weight excluding hydrogens is 350 g/mol. The summed E-state index contributed by atoms with van der Waals surface area (Å²) in [5, 5.41) is 2.91. The van der Waals surface area contributed by atoms with Gasteiger partial charge in [0.05, 0.1) is 5.92 Å². The van der Waals surface area contributed by atoms with Crippen molar-refractivity contribution in [2.75, 3.05) is 32.0 Å². The van der Waals surface area contributed by atoms with Crippen molar-refractivity contribution in [2.45, 2.75) is 65.3 Å². The van der Waals surface area contributed by atoms with Crippen LogP contribution in [0, 0.1) is 5.92 Å². The molecule has 2 heterocycles. The van der Waals surface area contributed by atoms with E-state index in [-0.39, 0.29) is 24.2 Å². The van der Waals surface area contributed by atoms with Gasteiger partial charge >= 0.3 is 0 Å². The highest BCUT2D eigenvalue weighted by atomic mass is 16.2. The number of nitrogens with one attached hydrogen (secondary N) is 1. The molecule has 0 spiro atoms. The van der Waals surface area contributed by atoms with Crippen molar-refractivity contribution in [3.63, 3.8) is 0 Å². The summed E-state index contributed by atoms with van der Waals surface area (Å²) >= 11 is 0. The summed E-state index contributed by atoms with van der Waals surface area (Å²) in [6.45, 7) is 11.2. The lowest BCUT2D eigenvalue weighted by atomic mass is 9.95. The first kappa shape index (κ1) is 22.4. The van der Waals surface area contributed by atoms with Gasteiger partial charge in [-0.15, -0.1) is 0 Å². The zero-order valence-corrected chi connectivity index (χ0v) is 18.2. The summed E-state index contributed by atoms with van der Waals surface area (Å²) < 4.78 is 0. The number of para-hydroxylation sites is 1. The molecule has 0 aliphatic carbocycles. The highest BCUT2D eigenvalue weighted by Crippen LogP contribution is 2.35. The fraction of sp³-hybridized carbons (Fsp3) is 0.652. The lowest BCUT2D eigenvalue weighted by Gasteiger charge is -2.38. The number of anilines is 1. The predicted octanol–water partition coefficient (Wildman–Crippen LogP) is 4.11. The van der Waals surface area contributed by atoms with Crippen LogP contribution in [0.25, 0.3) is 0 Å². The van der Waals surface area contributed by atoms with Crippen LogP contribution in [0.1, 0.15) is 64.9 Å². The van der Waals surface area contributed by atoms with Crippen molar-refractivity contribution < 1.29 is 9.59 Å². The molecule has 28 heavy (non-hydrogen) atoms. The summed E-state index contributed by atoms with van der Waals surface area (Å²) in [5.74, 6) is 0.280. The van der Waals surface area contributed by atoms with Crippen LogP contribution in [-0.2, 0) is 9.59 Å². The molecule has 156 valence electrons. The molecule has 1 aromatic rings. The smallest absolute Gasteiger partial charge is 0.232 e. The van der Waals surface area contributed by atoms with Gasteiger partial charge in [-0.25, -0.2) is 0 Å². The number of hydrogen-bond acceptors (Lipinski definition) is 3. The lowest BCUT2D eigenvalue weighted by molar-refractivity contribution is -0.136. The van der Waals surface area contributed by atoms with E-state index in [9.17, 15) is 9.59 Å². The number of nitrogens with zero attached hydrogens (tertiary/aromatic N) is 2. The van der Waals surface area contributed by atoms with E-state index >= 15 is 0 Å². The summed E-state index contributed by atoms with van der Waals surface area (Å²) in [4.78, 5) is 30.0. The molecule has 2 aliphatic heterocycles. The standard InChI is InChI=1S/C21H31N3O2.C2H6/c1-15(2)8-13-24(16-9-11-23(3)12-10-16)20(25)14-18-17-6-4-5-7-19(17)22-21(18)26;1-2/h4-7,15-16,18H,8-14H2,1-3H3,(H,22,26);1-2H3. The highest BCUT2D eigenvalue weighted by Gasteiger charge is 2.35. The Morgan fingerprint density at radius 2 is 1.86 bits per heavy atom. The van der Waals surface area contributed by atoms with Crippen LogP contribution in [0.5, 0.6) is 0 Å². The van der Waals surface area contributed by atoms with Gasteiger partial charge in [-0.2, -0.15) is 0 Å². The fourth-order valence-corrected chi connectivity index (χ4v) is 3.99. The van der Waals surface area contributed by atoms with Gasteiger partial charge in [0.2, 0.25) is 11.8 Å². The van der Waals surface area contributed by atoms with Gasteiger partial charge in [0, 0.05) is 24.7 Å². The zero-order valence-electron chi connectivity index (χ0n) is 18.2. The van der Waals surface area contributed by atoms with Crippen LogP contribution in [0.3, 0.4) is 0 Å². The minimum absolute atomic E-state index is 0.0493. The Bertz CT molecular complexity index is 651. The molecule has 1 fully saturated rings. The SMILES string of the molecule is CC.CC(C)CCN(C(=O)CC1C(=O)Nc2ccccc21)C1CCN(C)CC1. The molecule has 0 saturated carbocycles. The number of benzene rings is 1. The Kier molecular flexibility index (Phi) is 8.49. The van der Waals surface area contributed by atoms with E-state index < -0.39 is 0 Å². The molecular formula is C23H37N3O2. The Balaban J connectivity index is 0.00000136. The van der Waals surface area contributed by atoms with Crippen LogP contribution in [0.2, 0.25) is 0 Å². The number of likely N-dealkylation sites (tertiary alicyclic amines) is 1. The Morgan fingerprint density at radius 1 is 1.21 bits per heavy atom. The molecule has 1 aromatic carbocycles. The number of amides is 2. The summed E-state index contributed by atoms with van der Waals surface area (Å²) in [7, 11) is 2.14. The Hall–Kier alpha value is -1.88. The lowest BCUT2D eigenvalue weighted by Crippen LogP contribution is -2.47. The van der Waals surface area contributed by atoms with Crippen LogP contribution in [0.4, 0.5) is 5.69 Å². The third kappa shape index (κ3) is 5.57. The van der Waals surface area contributed by atoms with Crippen molar-refractivity contribution in [3.05, 3.63) is 29.8 Å². The summed E-state index contributed by atoms with van der Waals surface area (Å²) in [6, 6.07) is 8.02. The number of rotatable bonds is 6. The molecule has 1 N–H and O–H groups in total. The quantitative estimate of drug-likeness (QED) is 0.799. The van der Waals surface area contributed by atoms with E-state index in [0.29, 0.717) is 12.0 Å². The average molecular weight is 388 g/mol. The van der Waals surface area contributed by atoms with E-state index in [0.717, 1.165) is 50.1 Å². The third-order valence-corrected chi connectivity index (χ3v) is 5.69. The maximum atomic E-state index is 13.2. The van der Waals surface area contributed by atoms with Crippen LogP contribution in [0.15, 0.2) is 24.3 Å². The van der Waals surface area contributed by atoms with E-state index in [1.807, 2.05) is 38.1 Å². The second kappa shape index (κ2) is 10.6. The van der Waals surface area contributed by atoms with Gasteiger partial charge in [0.1, 0.15) is 0 Å². The van der Waals surface area contributed by atoms with Crippen LogP contribution < -0.4 is 5.32 Å². The minimum Gasteiger partial charge on any atom is -0.340 e. The number of carbonyl (C=O) groups is 2. The Labute approximate surface area is 170 Å². The first-order chi connectivity index (χ1) is 13.5. The second-order valence-electron chi connectivity index (χ2n) is 8.14. The van der Waals surface area contributed by atoms with Gasteiger partial charge in [0.15, 0.2) is 0 Å². The third-order valence-electron chi connectivity index (χ3n) is 5.69. The molecule has 5 heteroatoms. The average Bonchev–Trinajstić information content (AvgIpc) is 3.00. The van der Waals surface area contributed by atoms with Gasteiger partial charge in [-0.1, -0.05) is 45.9 Å². The molecule has 2 aliphatic rings. The first-order valence-corrected chi connectivity index (χ1v) is 10.8. The summed E-state index contributed by atoms with van der Waals surface area (Å²) in [6.07, 6.45) is 3.32. The van der Waals surface area contributed by atoms with E-state index in [2.05, 4.69) is 36.0 Å². The number of carbonyl (C=O) groups excluding carboxylic acids is 2. The Morgan fingerprint density at radius 3 is 2.50 bits per heavy atom.